The molecule has 1 atom stereocenters. The molecule has 0 saturated heterocycles. The van der Waals surface area contributed by atoms with E-state index in [1.165, 1.54) is 0 Å². The Bertz CT molecular complexity index is 694. The number of nitrogens with one attached hydrogen (secondary N) is 2. The van der Waals surface area contributed by atoms with E-state index in [1.807, 2.05) is 56.3 Å². The zero-order valence-electron chi connectivity index (χ0n) is 15.1. The van der Waals surface area contributed by atoms with Gasteiger partial charge in [0.1, 0.15) is 0 Å². The Hall–Kier alpha value is -2.62. The number of carbonyl (C=O) groups is 2. The number of hydrogen-bond donors (Lipinski definition) is 2. The van der Waals surface area contributed by atoms with Gasteiger partial charge in [0.15, 0.2) is 0 Å². The van der Waals surface area contributed by atoms with Crippen LogP contribution < -0.4 is 10.6 Å². The van der Waals surface area contributed by atoms with Crippen molar-refractivity contribution in [3.8, 4) is 0 Å². The first kappa shape index (κ1) is 18.7. The molecule has 2 N–H and O–H groups in total. The van der Waals surface area contributed by atoms with Crippen LogP contribution in [0.2, 0.25) is 0 Å². The molecule has 132 valence electrons. The van der Waals surface area contributed by atoms with Crippen LogP contribution in [0.5, 0.6) is 0 Å². The first-order valence-corrected chi connectivity index (χ1v) is 8.78. The van der Waals surface area contributed by atoms with Gasteiger partial charge in [-0.2, -0.15) is 0 Å². The molecule has 0 fully saturated rings. The van der Waals surface area contributed by atoms with Gasteiger partial charge in [0.25, 0.3) is 0 Å². The molecule has 25 heavy (non-hydrogen) atoms. The summed E-state index contributed by atoms with van der Waals surface area (Å²) in [6, 6.07) is 17.1. The third kappa shape index (κ3) is 5.45. The van der Waals surface area contributed by atoms with E-state index in [0.29, 0.717) is 0 Å². The maximum atomic E-state index is 12.7. The molecule has 0 aliphatic carbocycles. The fraction of sp³-hybridized carbons (Fsp3) is 0.333. The first-order chi connectivity index (χ1) is 12.0. The van der Waals surface area contributed by atoms with Gasteiger partial charge >= 0.3 is 0 Å². The van der Waals surface area contributed by atoms with Gasteiger partial charge < -0.3 is 10.6 Å². The molecule has 0 heterocycles. The van der Waals surface area contributed by atoms with Crippen molar-refractivity contribution in [2.45, 2.75) is 39.5 Å². The highest BCUT2D eigenvalue weighted by atomic mass is 16.2. The standard InChI is InChI=1S/C21H26N2O2/c1-4-8-19(16-9-6-5-7-10-16)21(25)23-18-13-11-17(12-14-18)22-20(24)15(2)3/h5-7,9-15,19H,4,8H2,1-3H3,(H,22,24)(H,23,25). The Morgan fingerprint density at radius 3 is 1.84 bits per heavy atom. The van der Waals surface area contributed by atoms with Gasteiger partial charge in [-0.05, 0) is 36.2 Å². The molecule has 4 nitrogen and oxygen atoms in total. The Morgan fingerprint density at radius 1 is 0.840 bits per heavy atom. The quantitative estimate of drug-likeness (QED) is 0.761. The number of rotatable bonds is 7. The number of benzene rings is 2. The van der Waals surface area contributed by atoms with Crippen molar-refractivity contribution in [1.82, 2.24) is 0 Å². The molecule has 0 spiro atoms. The van der Waals surface area contributed by atoms with E-state index >= 15 is 0 Å². The van der Waals surface area contributed by atoms with Crippen LogP contribution in [-0.2, 0) is 9.59 Å². The van der Waals surface area contributed by atoms with Gasteiger partial charge in [-0.25, -0.2) is 0 Å². The normalized spacial score (nSPS) is 11.8. The summed E-state index contributed by atoms with van der Waals surface area (Å²) in [7, 11) is 0. The van der Waals surface area contributed by atoms with Gasteiger partial charge in [0.05, 0.1) is 5.92 Å². The molecule has 2 rings (SSSR count). The second-order valence-electron chi connectivity index (χ2n) is 6.46. The zero-order chi connectivity index (χ0) is 18.2. The average Bonchev–Trinajstić information content (AvgIpc) is 2.61. The number of amides is 2. The van der Waals surface area contributed by atoms with E-state index < -0.39 is 0 Å². The van der Waals surface area contributed by atoms with Crippen LogP contribution in [0.25, 0.3) is 0 Å². The summed E-state index contributed by atoms with van der Waals surface area (Å²) in [4.78, 5) is 24.4. The molecule has 2 amide bonds. The maximum absolute atomic E-state index is 12.7. The summed E-state index contributed by atoms with van der Waals surface area (Å²) in [5.41, 5.74) is 2.48. The predicted octanol–water partition coefficient (Wildman–Crippen LogP) is 4.80. The third-order valence-electron chi connectivity index (χ3n) is 4.04. The average molecular weight is 338 g/mol. The summed E-state index contributed by atoms with van der Waals surface area (Å²) in [5.74, 6) is -0.262. The highest BCUT2D eigenvalue weighted by Gasteiger charge is 2.19. The minimum atomic E-state index is -0.161. The first-order valence-electron chi connectivity index (χ1n) is 8.78. The second-order valence-corrected chi connectivity index (χ2v) is 6.46. The number of anilines is 2. The van der Waals surface area contributed by atoms with Crippen molar-refractivity contribution in [1.29, 1.82) is 0 Å². The van der Waals surface area contributed by atoms with Gasteiger partial charge in [-0.1, -0.05) is 57.5 Å². The molecule has 2 aromatic rings. The van der Waals surface area contributed by atoms with Gasteiger partial charge in [0.2, 0.25) is 11.8 Å². The lowest BCUT2D eigenvalue weighted by Crippen LogP contribution is -2.21. The van der Waals surface area contributed by atoms with E-state index in [-0.39, 0.29) is 23.7 Å². The lowest BCUT2D eigenvalue weighted by molar-refractivity contribution is -0.119. The van der Waals surface area contributed by atoms with E-state index in [9.17, 15) is 9.59 Å². The minimum Gasteiger partial charge on any atom is -0.326 e. The van der Waals surface area contributed by atoms with Crippen molar-refractivity contribution < 1.29 is 9.59 Å². The summed E-state index contributed by atoms with van der Waals surface area (Å²) < 4.78 is 0. The van der Waals surface area contributed by atoms with Crippen LogP contribution in [0.3, 0.4) is 0 Å². The monoisotopic (exact) mass is 338 g/mol. The Kier molecular flexibility index (Phi) is 6.75. The van der Waals surface area contributed by atoms with Crippen LogP contribution in [0.15, 0.2) is 54.6 Å². The van der Waals surface area contributed by atoms with E-state index in [2.05, 4.69) is 17.6 Å². The molecule has 2 aromatic carbocycles. The van der Waals surface area contributed by atoms with E-state index in [1.54, 1.807) is 12.1 Å². The summed E-state index contributed by atoms with van der Waals surface area (Å²) in [6.45, 7) is 5.78. The molecule has 0 aliphatic rings. The molecule has 4 heteroatoms. The lowest BCUT2D eigenvalue weighted by Gasteiger charge is -2.17. The van der Waals surface area contributed by atoms with Crippen molar-refractivity contribution in [2.75, 3.05) is 10.6 Å². The predicted molar refractivity (Wildman–Crippen MR) is 103 cm³/mol. The van der Waals surface area contributed by atoms with Gasteiger partial charge in [-0.15, -0.1) is 0 Å². The SMILES string of the molecule is CCCC(C(=O)Nc1ccc(NC(=O)C(C)C)cc1)c1ccccc1. The summed E-state index contributed by atoms with van der Waals surface area (Å²) >= 11 is 0. The summed E-state index contributed by atoms with van der Waals surface area (Å²) in [5, 5.41) is 5.82. The Balaban J connectivity index is 2.04. The van der Waals surface area contributed by atoms with Crippen LogP contribution in [0.4, 0.5) is 11.4 Å². The largest absolute Gasteiger partial charge is 0.326 e. The third-order valence-corrected chi connectivity index (χ3v) is 4.04. The fourth-order valence-electron chi connectivity index (χ4n) is 2.58. The molecular formula is C21H26N2O2. The highest BCUT2D eigenvalue weighted by molar-refractivity contribution is 5.96. The molecule has 0 saturated carbocycles. The van der Waals surface area contributed by atoms with E-state index in [0.717, 1.165) is 29.8 Å². The van der Waals surface area contributed by atoms with Gasteiger partial charge in [-0.3, -0.25) is 9.59 Å². The van der Waals surface area contributed by atoms with Crippen LogP contribution in [0, 0.1) is 5.92 Å². The molecule has 1 unspecified atom stereocenters. The van der Waals surface area contributed by atoms with Crippen LogP contribution in [0.1, 0.15) is 45.1 Å². The molecule has 0 bridgehead atoms. The zero-order valence-corrected chi connectivity index (χ0v) is 15.1. The summed E-state index contributed by atoms with van der Waals surface area (Å²) in [6.07, 6.45) is 1.74. The molecule has 0 radical (unpaired) electrons. The van der Waals surface area contributed by atoms with Crippen molar-refractivity contribution in [3.63, 3.8) is 0 Å². The number of carbonyl (C=O) groups excluding carboxylic acids is 2. The van der Waals surface area contributed by atoms with Crippen LogP contribution >= 0.6 is 0 Å². The van der Waals surface area contributed by atoms with Crippen molar-refractivity contribution in [2.24, 2.45) is 5.92 Å². The molecule has 0 aliphatic heterocycles. The molecule has 0 aromatic heterocycles. The maximum Gasteiger partial charge on any atom is 0.231 e. The highest BCUT2D eigenvalue weighted by Crippen LogP contribution is 2.24. The van der Waals surface area contributed by atoms with Gasteiger partial charge in [0, 0.05) is 17.3 Å². The smallest absolute Gasteiger partial charge is 0.231 e. The van der Waals surface area contributed by atoms with Crippen molar-refractivity contribution in [3.05, 3.63) is 60.2 Å². The second kappa shape index (κ2) is 9.02. The molecular weight excluding hydrogens is 312 g/mol. The lowest BCUT2D eigenvalue weighted by atomic mass is 9.93. The Labute approximate surface area is 149 Å². The van der Waals surface area contributed by atoms with Crippen LogP contribution in [-0.4, -0.2) is 11.8 Å². The number of hydrogen-bond acceptors (Lipinski definition) is 2. The fourth-order valence-corrected chi connectivity index (χ4v) is 2.58. The Morgan fingerprint density at radius 2 is 1.36 bits per heavy atom. The minimum absolute atomic E-state index is 0.00739. The van der Waals surface area contributed by atoms with Crippen molar-refractivity contribution >= 4 is 23.2 Å². The topological polar surface area (TPSA) is 58.2 Å². The van der Waals surface area contributed by atoms with E-state index in [4.69, 9.17) is 0 Å².